The molecule has 1 saturated heterocycles. The van der Waals surface area contributed by atoms with E-state index < -0.39 is 17.0 Å². The smallest absolute Gasteiger partial charge is 0.310 e. The van der Waals surface area contributed by atoms with Crippen LogP contribution in [0, 0.1) is 0 Å². The van der Waals surface area contributed by atoms with Crippen molar-refractivity contribution in [2.45, 2.75) is 77.3 Å². The van der Waals surface area contributed by atoms with Crippen LogP contribution in [0.15, 0.2) is 22.8 Å². The van der Waals surface area contributed by atoms with Crippen molar-refractivity contribution in [2.75, 3.05) is 6.61 Å². The minimum atomic E-state index is -0.608. The first-order chi connectivity index (χ1) is 14.1. The third kappa shape index (κ3) is 3.75. The number of aryl methyl sites for hydroxylation is 2. The fourth-order valence-electron chi connectivity index (χ4n) is 5.38. The first kappa shape index (κ1) is 20.6. The van der Waals surface area contributed by atoms with Gasteiger partial charge in [-0.3, -0.25) is 14.4 Å². The highest BCUT2D eigenvalue weighted by Gasteiger charge is 2.47. The summed E-state index contributed by atoms with van der Waals surface area (Å²) in [6.07, 6.45) is 5.55. The van der Waals surface area contributed by atoms with E-state index in [4.69, 9.17) is 9.15 Å². The minimum absolute atomic E-state index is 0.0599. The Labute approximate surface area is 176 Å². The molecule has 0 unspecified atom stereocenters. The fourth-order valence-corrected chi connectivity index (χ4v) is 5.38. The first-order valence-corrected chi connectivity index (χ1v) is 10.6. The maximum Gasteiger partial charge on any atom is 0.310 e. The zero-order valence-corrected chi connectivity index (χ0v) is 18.2. The average molecular weight is 411 g/mol. The topological polar surface area (TPSA) is 76.8 Å². The second-order valence-corrected chi connectivity index (χ2v) is 9.82. The highest BCUT2D eigenvalue weighted by atomic mass is 16.5. The van der Waals surface area contributed by atoms with E-state index in [1.54, 1.807) is 11.2 Å². The number of hydrogen-bond donors (Lipinski definition) is 0. The van der Waals surface area contributed by atoms with Crippen LogP contribution in [-0.4, -0.2) is 40.2 Å². The number of likely N-dealkylation sites (tertiary alicyclic amines) is 1. The Hall–Kier alpha value is -2.63. The predicted octanol–water partition coefficient (Wildman–Crippen LogP) is 3.76. The van der Waals surface area contributed by atoms with Gasteiger partial charge in [0.1, 0.15) is 11.4 Å². The number of amides is 1. The summed E-state index contributed by atoms with van der Waals surface area (Å²) >= 11 is 0. The van der Waals surface area contributed by atoms with Gasteiger partial charge in [-0.1, -0.05) is 0 Å². The van der Waals surface area contributed by atoms with Gasteiger partial charge in [0.15, 0.2) is 6.61 Å². The zero-order chi connectivity index (χ0) is 21.7. The number of ketones is 1. The standard InChI is InChI=1S/C24H29NO5/c1-23(2)11-18(26)12-24(3,4)25(23)21(27)14-30-22(28)10-17-13-29-20-9-16-7-5-6-15(16)8-19(17)20/h8-9,13H,5-7,10-12,14H2,1-4H3. The fraction of sp³-hybridized carbons (Fsp3) is 0.542. The monoisotopic (exact) mass is 411 g/mol. The molecule has 0 N–H and O–H groups in total. The van der Waals surface area contributed by atoms with Crippen LogP contribution in [0.2, 0.25) is 0 Å². The lowest BCUT2D eigenvalue weighted by Crippen LogP contribution is -2.63. The van der Waals surface area contributed by atoms with E-state index in [9.17, 15) is 14.4 Å². The second kappa shape index (κ2) is 7.25. The number of fused-ring (bicyclic) bond motifs is 2. The third-order valence-corrected chi connectivity index (χ3v) is 6.28. The van der Waals surface area contributed by atoms with Crippen molar-refractivity contribution >= 4 is 28.6 Å². The van der Waals surface area contributed by atoms with Crippen molar-refractivity contribution in [1.29, 1.82) is 0 Å². The molecule has 2 aliphatic rings. The van der Waals surface area contributed by atoms with Crippen LogP contribution >= 0.6 is 0 Å². The number of carbonyl (C=O) groups excluding carboxylic acids is 3. The Morgan fingerprint density at radius 3 is 2.37 bits per heavy atom. The van der Waals surface area contributed by atoms with Gasteiger partial charge in [-0.25, -0.2) is 0 Å². The Balaban J connectivity index is 1.42. The lowest BCUT2D eigenvalue weighted by Gasteiger charge is -2.51. The van der Waals surface area contributed by atoms with Gasteiger partial charge in [-0.05, 0) is 70.2 Å². The minimum Gasteiger partial charge on any atom is -0.464 e. The van der Waals surface area contributed by atoms with Crippen molar-refractivity contribution in [2.24, 2.45) is 0 Å². The van der Waals surface area contributed by atoms with E-state index >= 15 is 0 Å². The largest absolute Gasteiger partial charge is 0.464 e. The second-order valence-electron chi connectivity index (χ2n) is 9.82. The number of rotatable bonds is 4. The molecule has 6 nitrogen and oxygen atoms in total. The molecule has 4 rings (SSSR count). The summed E-state index contributed by atoms with van der Waals surface area (Å²) in [6.45, 7) is 7.18. The molecule has 0 bridgehead atoms. The maximum atomic E-state index is 12.9. The van der Waals surface area contributed by atoms with Crippen LogP contribution in [0.4, 0.5) is 0 Å². The average Bonchev–Trinajstić information content (AvgIpc) is 3.22. The number of ether oxygens (including phenoxy) is 1. The molecule has 0 spiro atoms. The van der Waals surface area contributed by atoms with Gasteiger partial charge < -0.3 is 14.1 Å². The summed E-state index contributed by atoms with van der Waals surface area (Å²) in [7, 11) is 0. The summed E-state index contributed by atoms with van der Waals surface area (Å²) < 4.78 is 11.0. The summed E-state index contributed by atoms with van der Waals surface area (Å²) in [5, 5.41) is 0.940. The summed E-state index contributed by atoms with van der Waals surface area (Å²) in [6, 6.07) is 4.18. The van der Waals surface area contributed by atoms with Gasteiger partial charge in [-0.2, -0.15) is 0 Å². The molecule has 2 heterocycles. The summed E-state index contributed by atoms with van der Waals surface area (Å²) in [5.74, 6) is -0.597. The number of piperidine rings is 1. The number of esters is 1. The molecule has 160 valence electrons. The maximum absolute atomic E-state index is 12.9. The normalized spacial score (nSPS) is 19.7. The molecular weight excluding hydrogens is 382 g/mol. The van der Waals surface area contributed by atoms with Crippen LogP contribution in [-0.2, 0) is 38.4 Å². The highest BCUT2D eigenvalue weighted by molar-refractivity contribution is 5.89. The third-order valence-electron chi connectivity index (χ3n) is 6.28. The van der Waals surface area contributed by atoms with Gasteiger partial charge in [0, 0.05) is 34.9 Å². The molecule has 0 radical (unpaired) electrons. The van der Waals surface area contributed by atoms with Gasteiger partial charge in [0.2, 0.25) is 0 Å². The van der Waals surface area contributed by atoms with Gasteiger partial charge in [-0.15, -0.1) is 0 Å². The van der Waals surface area contributed by atoms with Crippen LogP contribution in [0.3, 0.4) is 0 Å². The van der Waals surface area contributed by atoms with Crippen molar-refractivity contribution < 1.29 is 23.5 Å². The van der Waals surface area contributed by atoms with Crippen LogP contribution < -0.4 is 0 Å². The van der Waals surface area contributed by atoms with E-state index in [1.165, 1.54) is 11.1 Å². The molecule has 2 aromatic rings. The lowest BCUT2D eigenvalue weighted by molar-refractivity contribution is -0.163. The van der Waals surface area contributed by atoms with E-state index in [2.05, 4.69) is 12.1 Å². The summed E-state index contributed by atoms with van der Waals surface area (Å²) in [4.78, 5) is 39.1. The number of nitrogens with zero attached hydrogens (tertiary/aromatic N) is 1. The van der Waals surface area contributed by atoms with E-state index in [0.717, 1.165) is 35.8 Å². The van der Waals surface area contributed by atoms with Gasteiger partial charge in [0.25, 0.3) is 5.91 Å². The Morgan fingerprint density at radius 1 is 1.07 bits per heavy atom. The Bertz CT molecular complexity index is 1010. The molecule has 1 aromatic carbocycles. The van der Waals surface area contributed by atoms with Crippen LogP contribution in [0.25, 0.3) is 11.0 Å². The molecule has 1 amide bonds. The molecule has 0 atom stereocenters. The van der Waals surface area contributed by atoms with E-state index in [-0.39, 0.29) is 24.7 Å². The quantitative estimate of drug-likeness (QED) is 0.716. The molecule has 1 aliphatic heterocycles. The van der Waals surface area contributed by atoms with Crippen LogP contribution in [0.5, 0.6) is 0 Å². The van der Waals surface area contributed by atoms with E-state index in [1.807, 2.05) is 27.7 Å². The number of furan rings is 1. The zero-order valence-electron chi connectivity index (χ0n) is 18.2. The number of benzene rings is 1. The number of carbonyl (C=O) groups is 3. The molecule has 0 saturated carbocycles. The lowest BCUT2D eigenvalue weighted by atomic mass is 9.79. The molecule has 6 heteroatoms. The summed E-state index contributed by atoms with van der Waals surface area (Å²) in [5.41, 5.74) is 2.99. The molecule has 30 heavy (non-hydrogen) atoms. The van der Waals surface area contributed by atoms with Crippen molar-refractivity contribution in [3.63, 3.8) is 0 Å². The van der Waals surface area contributed by atoms with Crippen molar-refractivity contribution in [1.82, 2.24) is 4.90 Å². The molecular formula is C24H29NO5. The SMILES string of the molecule is CC1(C)CC(=O)CC(C)(C)N1C(=O)COC(=O)Cc1coc2cc3c(cc12)CCC3. The predicted molar refractivity (Wildman–Crippen MR) is 112 cm³/mol. The molecule has 1 fully saturated rings. The Morgan fingerprint density at radius 2 is 1.70 bits per heavy atom. The van der Waals surface area contributed by atoms with Crippen molar-refractivity contribution in [3.8, 4) is 0 Å². The van der Waals surface area contributed by atoms with E-state index in [0.29, 0.717) is 12.8 Å². The number of Topliss-reactive ketones (excluding diaryl/α,β-unsaturated/α-hetero) is 1. The van der Waals surface area contributed by atoms with Gasteiger partial charge in [0.05, 0.1) is 12.7 Å². The molecule has 1 aromatic heterocycles. The van der Waals surface area contributed by atoms with Crippen molar-refractivity contribution in [3.05, 3.63) is 35.1 Å². The number of hydrogen-bond acceptors (Lipinski definition) is 5. The highest BCUT2D eigenvalue weighted by Crippen LogP contribution is 2.36. The van der Waals surface area contributed by atoms with Gasteiger partial charge >= 0.3 is 5.97 Å². The first-order valence-electron chi connectivity index (χ1n) is 10.6. The Kier molecular flexibility index (Phi) is 4.99. The van der Waals surface area contributed by atoms with Crippen LogP contribution in [0.1, 0.15) is 63.6 Å². The molecule has 1 aliphatic carbocycles.